The van der Waals surface area contributed by atoms with Gasteiger partial charge in [-0.3, -0.25) is 14.9 Å². The van der Waals surface area contributed by atoms with Crippen molar-refractivity contribution in [2.75, 3.05) is 5.32 Å². The number of aromatic nitrogens is 1. The predicted octanol–water partition coefficient (Wildman–Crippen LogP) is 1.70. The first-order chi connectivity index (χ1) is 9.58. The van der Waals surface area contributed by atoms with Crippen LogP contribution in [0.15, 0.2) is 42.6 Å². The van der Waals surface area contributed by atoms with Crippen molar-refractivity contribution in [1.29, 1.82) is 0 Å². The van der Waals surface area contributed by atoms with Crippen molar-refractivity contribution < 1.29 is 9.72 Å². The molecule has 1 aromatic heterocycles. The van der Waals surface area contributed by atoms with Gasteiger partial charge in [0.1, 0.15) is 5.82 Å². The van der Waals surface area contributed by atoms with Crippen LogP contribution in [-0.2, 0) is 6.54 Å². The molecule has 0 aliphatic heterocycles. The summed E-state index contributed by atoms with van der Waals surface area (Å²) >= 11 is 0. The third kappa shape index (κ3) is 3.08. The number of carbonyl (C=O) groups excluding carboxylic acids is 1. The fourth-order valence-electron chi connectivity index (χ4n) is 1.67. The first-order valence-electron chi connectivity index (χ1n) is 5.80. The molecule has 1 aromatic carbocycles. The lowest BCUT2D eigenvalue weighted by Crippen LogP contribution is -2.11. The molecule has 0 fully saturated rings. The second-order valence-electron chi connectivity index (χ2n) is 4.04. The van der Waals surface area contributed by atoms with Gasteiger partial charge in [-0.1, -0.05) is 18.2 Å². The van der Waals surface area contributed by atoms with Crippen LogP contribution in [0.5, 0.6) is 0 Å². The predicted molar refractivity (Wildman–Crippen MR) is 73.2 cm³/mol. The molecular formula is C13H12N4O3. The van der Waals surface area contributed by atoms with Gasteiger partial charge >= 0.3 is 0 Å². The molecule has 1 amide bonds. The Morgan fingerprint density at radius 3 is 2.65 bits per heavy atom. The number of pyridine rings is 1. The molecule has 0 atom stereocenters. The number of hydrogen-bond acceptors (Lipinski definition) is 5. The lowest BCUT2D eigenvalue weighted by atomic mass is 10.2. The molecule has 0 spiro atoms. The number of nitrogens with zero attached hydrogens (tertiary/aromatic N) is 2. The fourth-order valence-corrected chi connectivity index (χ4v) is 1.67. The number of nitrogens with one attached hydrogen (secondary N) is 1. The van der Waals surface area contributed by atoms with Crippen molar-refractivity contribution in [1.82, 2.24) is 4.98 Å². The molecule has 3 N–H and O–H groups in total. The third-order valence-electron chi connectivity index (χ3n) is 2.70. The van der Waals surface area contributed by atoms with E-state index in [2.05, 4.69) is 10.3 Å². The molecule has 2 rings (SSSR count). The summed E-state index contributed by atoms with van der Waals surface area (Å²) < 4.78 is 0. The topological polar surface area (TPSA) is 111 Å². The van der Waals surface area contributed by atoms with Crippen molar-refractivity contribution in [3.63, 3.8) is 0 Å². The summed E-state index contributed by atoms with van der Waals surface area (Å²) in [4.78, 5) is 25.3. The molecule has 102 valence electrons. The highest BCUT2D eigenvalue weighted by Gasteiger charge is 2.11. The summed E-state index contributed by atoms with van der Waals surface area (Å²) in [5, 5.41) is 13.8. The maximum Gasteiger partial charge on any atom is 0.274 e. The molecule has 0 unspecified atom stereocenters. The Labute approximate surface area is 114 Å². The van der Waals surface area contributed by atoms with Crippen LogP contribution < -0.4 is 11.1 Å². The van der Waals surface area contributed by atoms with E-state index in [9.17, 15) is 14.9 Å². The van der Waals surface area contributed by atoms with Crippen LogP contribution in [0.25, 0.3) is 0 Å². The van der Waals surface area contributed by atoms with Crippen LogP contribution in [-0.4, -0.2) is 15.8 Å². The second-order valence-corrected chi connectivity index (χ2v) is 4.04. The van der Waals surface area contributed by atoms with E-state index in [1.165, 1.54) is 18.3 Å². The molecule has 0 aliphatic rings. The van der Waals surface area contributed by atoms with Crippen LogP contribution in [0, 0.1) is 10.1 Å². The van der Waals surface area contributed by atoms with Gasteiger partial charge in [0.25, 0.3) is 5.69 Å². The molecule has 7 nitrogen and oxygen atoms in total. The monoisotopic (exact) mass is 272 g/mol. The molecule has 0 bridgehead atoms. The number of benzene rings is 1. The van der Waals surface area contributed by atoms with E-state index < -0.39 is 10.8 Å². The Bertz CT molecular complexity index is 640. The van der Waals surface area contributed by atoms with Crippen LogP contribution in [0.2, 0.25) is 0 Å². The van der Waals surface area contributed by atoms with Crippen LogP contribution >= 0.6 is 0 Å². The highest BCUT2D eigenvalue weighted by molar-refractivity contribution is 5.92. The van der Waals surface area contributed by atoms with Gasteiger partial charge in [0, 0.05) is 24.4 Å². The van der Waals surface area contributed by atoms with E-state index in [4.69, 9.17) is 5.73 Å². The zero-order valence-corrected chi connectivity index (χ0v) is 10.4. The van der Waals surface area contributed by atoms with E-state index in [-0.39, 0.29) is 12.2 Å². The highest BCUT2D eigenvalue weighted by atomic mass is 16.6. The van der Waals surface area contributed by atoms with Crippen molar-refractivity contribution in [3.8, 4) is 0 Å². The molecule has 7 heteroatoms. The van der Waals surface area contributed by atoms with Crippen LogP contribution in [0.3, 0.4) is 0 Å². The van der Waals surface area contributed by atoms with Gasteiger partial charge in [-0.25, -0.2) is 4.98 Å². The minimum atomic E-state index is -0.553. The summed E-state index contributed by atoms with van der Waals surface area (Å²) in [6, 6.07) is 9.59. The summed E-state index contributed by atoms with van der Waals surface area (Å²) in [6.07, 6.45) is 1.35. The number of hydrogen-bond donors (Lipinski definition) is 2. The molecule has 20 heavy (non-hydrogen) atoms. The number of primary amides is 1. The summed E-state index contributed by atoms with van der Waals surface area (Å²) in [5.74, 6) is -0.0455. The number of para-hydroxylation sites is 1. The molecule has 0 saturated carbocycles. The van der Waals surface area contributed by atoms with Crippen molar-refractivity contribution >= 4 is 17.4 Å². The zero-order chi connectivity index (χ0) is 14.5. The van der Waals surface area contributed by atoms with E-state index in [0.29, 0.717) is 16.9 Å². The average Bonchev–Trinajstić information content (AvgIpc) is 2.45. The second kappa shape index (κ2) is 5.79. The number of amides is 1. The molecule has 0 radical (unpaired) electrons. The average molecular weight is 272 g/mol. The molecule has 0 saturated heterocycles. The van der Waals surface area contributed by atoms with Gasteiger partial charge in [-0.05, 0) is 12.1 Å². The van der Waals surface area contributed by atoms with Crippen molar-refractivity contribution in [2.24, 2.45) is 5.73 Å². The molecule has 1 heterocycles. The molecule has 2 aromatic rings. The van der Waals surface area contributed by atoms with Gasteiger partial charge in [0.2, 0.25) is 5.91 Å². The summed E-state index contributed by atoms with van der Waals surface area (Å²) in [7, 11) is 0. The van der Waals surface area contributed by atoms with E-state index >= 15 is 0 Å². The number of nitrogens with two attached hydrogens (primary N) is 1. The Kier molecular flexibility index (Phi) is 3.90. The minimum Gasteiger partial charge on any atom is -0.366 e. The van der Waals surface area contributed by atoms with Crippen LogP contribution in [0.4, 0.5) is 11.5 Å². The van der Waals surface area contributed by atoms with Gasteiger partial charge in [0.05, 0.1) is 10.5 Å². The SMILES string of the molecule is NC(=O)c1ccc(NCc2ccccc2[N+](=O)[O-])nc1. The maximum absolute atomic E-state index is 10.9. The molecule has 0 aliphatic carbocycles. The van der Waals surface area contributed by atoms with E-state index in [1.807, 2.05) is 0 Å². The fraction of sp³-hybridized carbons (Fsp3) is 0.0769. The third-order valence-corrected chi connectivity index (χ3v) is 2.70. The maximum atomic E-state index is 10.9. The largest absolute Gasteiger partial charge is 0.366 e. The Morgan fingerprint density at radius 2 is 2.05 bits per heavy atom. The summed E-state index contributed by atoms with van der Waals surface area (Å²) in [6.45, 7) is 0.264. The lowest BCUT2D eigenvalue weighted by Gasteiger charge is -2.06. The summed E-state index contributed by atoms with van der Waals surface area (Å²) in [5.41, 5.74) is 6.02. The number of nitro benzene ring substituents is 1. The minimum absolute atomic E-state index is 0.0498. The standard InChI is InChI=1S/C13H12N4O3/c14-13(18)10-5-6-12(16-8-10)15-7-9-3-1-2-4-11(9)17(19)20/h1-6,8H,7H2,(H2,14,18)(H,15,16). The van der Waals surface area contributed by atoms with Gasteiger partial charge in [0.15, 0.2) is 0 Å². The number of carbonyl (C=O) groups is 1. The van der Waals surface area contributed by atoms with Crippen molar-refractivity contribution in [2.45, 2.75) is 6.54 Å². The first-order valence-corrected chi connectivity index (χ1v) is 5.80. The zero-order valence-electron chi connectivity index (χ0n) is 10.4. The first kappa shape index (κ1) is 13.5. The quantitative estimate of drug-likeness (QED) is 0.635. The van der Waals surface area contributed by atoms with Gasteiger partial charge in [-0.2, -0.15) is 0 Å². The van der Waals surface area contributed by atoms with Gasteiger partial charge < -0.3 is 11.1 Å². The Balaban J connectivity index is 2.09. The highest BCUT2D eigenvalue weighted by Crippen LogP contribution is 2.18. The molecular weight excluding hydrogens is 260 g/mol. The normalized spacial score (nSPS) is 10.0. The van der Waals surface area contributed by atoms with Crippen LogP contribution in [0.1, 0.15) is 15.9 Å². The number of rotatable bonds is 5. The number of nitro groups is 1. The lowest BCUT2D eigenvalue weighted by molar-refractivity contribution is -0.385. The number of anilines is 1. The van der Waals surface area contributed by atoms with Gasteiger partial charge in [-0.15, -0.1) is 0 Å². The van der Waals surface area contributed by atoms with Crippen molar-refractivity contribution in [3.05, 3.63) is 63.8 Å². The smallest absolute Gasteiger partial charge is 0.274 e. The Hall–Kier alpha value is -2.96. The van der Waals surface area contributed by atoms with E-state index in [0.717, 1.165) is 0 Å². The van der Waals surface area contributed by atoms with E-state index in [1.54, 1.807) is 24.3 Å². The Morgan fingerprint density at radius 1 is 1.30 bits per heavy atom.